The Morgan fingerprint density at radius 3 is 2.50 bits per heavy atom. The zero-order chi connectivity index (χ0) is 18.8. The molecule has 1 aliphatic heterocycles. The summed E-state index contributed by atoms with van der Waals surface area (Å²) in [6.07, 6.45) is 5.37. The molecular formula is C21H21N7. The number of pyridine rings is 1. The molecule has 0 aliphatic carbocycles. The van der Waals surface area contributed by atoms with Crippen molar-refractivity contribution >= 4 is 11.7 Å². The van der Waals surface area contributed by atoms with Crippen molar-refractivity contribution in [1.82, 2.24) is 29.5 Å². The standard InChI is InChI=1S/C21H21N7/c1-2-5-17(6-3-1)16-26-11-13-27(14-12-26)21-24-20-23-10-8-19(28(20)25-21)18-7-4-9-22-15-18/h1-10,15H,11-14,16H2. The average Bonchev–Trinajstić information content (AvgIpc) is 3.20. The smallest absolute Gasteiger partial charge is 0.254 e. The van der Waals surface area contributed by atoms with E-state index in [1.807, 2.05) is 28.9 Å². The Bertz CT molecular complexity index is 1050. The van der Waals surface area contributed by atoms with Crippen LogP contribution in [0.3, 0.4) is 0 Å². The fraction of sp³-hybridized carbons (Fsp3) is 0.238. The molecule has 1 aliphatic rings. The van der Waals surface area contributed by atoms with Gasteiger partial charge >= 0.3 is 0 Å². The van der Waals surface area contributed by atoms with Crippen LogP contribution in [0.5, 0.6) is 0 Å². The van der Waals surface area contributed by atoms with Gasteiger partial charge in [-0.1, -0.05) is 30.3 Å². The van der Waals surface area contributed by atoms with Crippen molar-refractivity contribution in [3.63, 3.8) is 0 Å². The number of hydrogen-bond donors (Lipinski definition) is 0. The van der Waals surface area contributed by atoms with Crippen LogP contribution in [0, 0.1) is 0 Å². The zero-order valence-corrected chi connectivity index (χ0v) is 15.5. The molecule has 0 spiro atoms. The van der Waals surface area contributed by atoms with E-state index in [1.54, 1.807) is 12.4 Å². The predicted molar refractivity (Wildman–Crippen MR) is 108 cm³/mol. The minimum atomic E-state index is 0.614. The van der Waals surface area contributed by atoms with Crippen LogP contribution >= 0.6 is 0 Å². The van der Waals surface area contributed by atoms with Crippen molar-refractivity contribution in [3.05, 3.63) is 72.7 Å². The van der Waals surface area contributed by atoms with Crippen molar-refractivity contribution in [1.29, 1.82) is 0 Å². The normalized spacial score (nSPS) is 15.2. The van der Waals surface area contributed by atoms with Gasteiger partial charge in [0, 0.05) is 56.9 Å². The highest BCUT2D eigenvalue weighted by atomic mass is 15.4. The van der Waals surface area contributed by atoms with Gasteiger partial charge in [-0.3, -0.25) is 9.88 Å². The molecule has 5 rings (SSSR count). The monoisotopic (exact) mass is 371 g/mol. The van der Waals surface area contributed by atoms with Crippen molar-refractivity contribution in [2.75, 3.05) is 31.1 Å². The second-order valence-electron chi connectivity index (χ2n) is 6.94. The molecule has 0 saturated carbocycles. The fourth-order valence-corrected chi connectivity index (χ4v) is 3.60. The number of rotatable bonds is 4. The van der Waals surface area contributed by atoms with Gasteiger partial charge in [0.25, 0.3) is 5.78 Å². The van der Waals surface area contributed by atoms with Gasteiger partial charge < -0.3 is 4.90 Å². The predicted octanol–water partition coefficient (Wildman–Crippen LogP) is 2.51. The third-order valence-corrected chi connectivity index (χ3v) is 5.09. The summed E-state index contributed by atoms with van der Waals surface area (Å²) in [6.45, 7) is 4.79. The van der Waals surface area contributed by atoms with E-state index in [9.17, 15) is 0 Å². The highest BCUT2D eigenvalue weighted by molar-refractivity contribution is 5.60. The van der Waals surface area contributed by atoms with E-state index in [4.69, 9.17) is 5.10 Å². The lowest BCUT2D eigenvalue weighted by Gasteiger charge is -2.34. The molecule has 0 amide bonds. The van der Waals surface area contributed by atoms with Gasteiger partial charge in [0.05, 0.1) is 5.69 Å². The molecule has 1 fully saturated rings. The summed E-state index contributed by atoms with van der Waals surface area (Å²) in [6, 6.07) is 16.5. The van der Waals surface area contributed by atoms with Crippen LogP contribution in [-0.2, 0) is 6.54 Å². The molecule has 0 N–H and O–H groups in total. The Morgan fingerprint density at radius 2 is 1.71 bits per heavy atom. The topological polar surface area (TPSA) is 62.5 Å². The first-order valence-corrected chi connectivity index (χ1v) is 9.50. The summed E-state index contributed by atoms with van der Waals surface area (Å²) in [5.41, 5.74) is 3.30. The minimum Gasteiger partial charge on any atom is -0.337 e. The molecule has 1 aromatic carbocycles. The van der Waals surface area contributed by atoms with Gasteiger partial charge in [-0.15, -0.1) is 5.10 Å². The lowest BCUT2D eigenvalue weighted by molar-refractivity contribution is 0.249. The Morgan fingerprint density at radius 1 is 0.857 bits per heavy atom. The molecule has 3 aromatic heterocycles. The number of benzene rings is 1. The molecule has 7 nitrogen and oxygen atoms in total. The van der Waals surface area contributed by atoms with Crippen LogP contribution in [-0.4, -0.2) is 55.6 Å². The van der Waals surface area contributed by atoms with Crippen LogP contribution in [0.1, 0.15) is 5.56 Å². The Balaban J connectivity index is 1.34. The molecule has 28 heavy (non-hydrogen) atoms. The molecule has 7 heteroatoms. The van der Waals surface area contributed by atoms with Crippen molar-refractivity contribution in [2.45, 2.75) is 6.54 Å². The lowest BCUT2D eigenvalue weighted by Crippen LogP contribution is -2.46. The third-order valence-electron chi connectivity index (χ3n) is 5.09. The first-order valence-electron chi connectivity index (χ1n) is 9.50. The van der Waals surface area contributed by atoms with Crippen LogP contribution in [0.25, 0.3) is 17.0 Å². The van der Waals surface area contributed by atoms with E-state index in [1.165, 1.54) is 5.56 Å². The molecule has 0 unspecified atom stereocenters. The molecule has 0 radical (unpaired) electrons. The van der Waals surface area contributed by atoms with Gasteiger partial charge in [0.15, 0.2) is 0 Å². The van der Waals surface area contributed by atoms with E-state index in [-0.39, 0.29) is 0 Å². The first-order chi connectivity index (χ1) is 13.9. The molecule has 4 aromatic rings. The SMILES string of the molecule is c1ccc(CN2CCN(c3nc4nccc(-c5cccnc5)n4n3)CC2)cc1. The lowest BCUT2D eigenvalue weighted by atomic mass is 10.2. The van der Waals surface area contributed by atoms with Crippen LogP contribution in [0.2, 0.25) is 0 Å². The quantitative estimate of drug-likeness (QED) is 0.549. The Labute approximate surface area is 163 Å². The Hall–Kier alpha value is -3.32. The fourth-order valence-electron chi connectivity index (χ4n) is 3.60. The number of aromatic nitrogens is 5. The molecule has 0 bridgehead atoms. The number of anilines is 1. The maximum Gasteiger partial charge on any atom is 0.254 e. The van der Waals surface area contributed by atoms with Gasteiger partial charge in [-0.2, -0.15) is 9.50 Å². The third kappa shape index (κ3) is 3.32. The summed E-state index contributed by atoms with van der Waals surface area (Å²) in [7, 11) is 0. The van der Waals surface area contributed by atoms with E-state index >= 15 is 0 Å². The number of fused-ring (bicyclic) bond motifs is 1. The maximum absolute atomic E-state index is 4.74. The molecule has 140 valence electrons. The molecular weight excluding hydrogens is 350 g/mol. The van der Waals surface area contributed by atoms with E-state index < -0.39 is 0 Å². The van der Waals surface area contributed by atoms with Gasteiger partial charge in [0.1, 0.15) is 0 Å². The highest BCUT2D eigenvalue weighted by Crippen LogP contribution is 2.20. The average molecular weight is 371 g/mol. The summed E-state index contributed by atoms with van der Waals surface area (Å²) in [4.78, 5) is 18.0. The Kier molecular flexibility index (Phi) is 4.42. The summed E-state index contributed by atoms with van der Waals surface area (Å²) >= 11 is 0. The molecule has 4 heterocycles. The first kappa shape index (κ1) is 16.8. The van der Waals surface area contributed by atoms with E-state index in [0.717, 1.165) is 49.9 Å². The second kappa shape index (κ2) is 7.36. The van der Waals surface area contributed by atoms with Crippen LogP contribution < -0.4 is 4.90 Å². The van der Waals surface area contributed by atoms with Crippen LogP contribution in [0.4, 0.5) is 5.95 Å². The molecule has 1 saturated heterocycles. The summed E-state index contributed by atoms with van der Waals surface area (Å²) < 4.78 is 1.81. The zero-order valence-electron chi connectivity index (χ0n) is 15.5. The van der Waals surface area contributed by atoms with Gasteiger partial charge in [0.2, 0.25) is 5.95 Å². The summed E-state index contributed by atoms with van der Waals surface area (Å²) in [5.74, 6) is 1.35. The van der Waals surface area contributed by atoms with Crippen LogP contribution in [0.15, 0.2) is 67.1 Å². The second-order valence-corrected chi connectivity index (χ2v) is 6.94. The number of nitrogens with zero attached hydrogens (tertiary/aromatic N) is 7. The highest BCUT2D eigenvalue weighted by Gasteiger charge is 2.21. The van der Waals surface area contributed by atoms with Gasteiger partial charge in [-0.05, 0) is 23.8 Å². The van der Waals surface area contributed by atoms with Crippen molar-refractivity contribution in [3.8, 4) is 11.3 Å². The summed E-state index contributed by atoms with van der Waals surface area (Å²) in [5, 5.41) is 4.74. The largest absolute Gasteiger partial charge is 0.337 e. The van der Waals surface area contributed by atoms with E-state index in [2.05, 4.69) is 55.1 Å². The number of piperazine rings is 1. The van der Waals surface area contributed by atoms with Crippen molar-refractivity contribution < 1.29 is 0 Å². The van der Waals surface area contributed by atoms with Gasteiger partial charge in [-0.25, -0.2) is 4.98 Å². The van der Waals surface area contributed by atoms with E-state index in [0.29, 0.717) is 5.78 Å². The molecule has 0 atom stereocenters. The minimum absolute atomic E-state index is 0.614. The number of hydrogen-bond acceptors (Lipinski definition) is 6. The maximum atomic E-state index is 4.74. The van der Waals surface area contributed by atoms with Crippen molar-refractivity contribution in [2.24, 2.45) is 0 Å².